The number of aromatic nitrogens is 2. The zero-order chi connectivity index (χ0) is 18.6. The van der Waals surface area contributed by atoms with Crippen LogP contribution in [0.3, 0.4) is 0 Å². The van der Waals surface area contributed by atoms with Gasteiger partial charge in [0, 0.05) is 17.6 Å². The molecule has 0 aliphatic carbocycles. The first-order chi connectivity index (χ1) is 13.2. The van der Waals surface area contributed by atoms with Crippen molar-refractivity contribution in [2.24, 2.45) is 5.92 Å². The van der Waals surface area contributed by atoms with Crippen LogP contribution in [0.25, 0.3) is 21.5 Å². The van der Waals surface area contributed by atoms with Crippen molar-refractivity contribution in [3.05, 3.63) is 41.0 Å². The topological polar surface area (TPSA) is 49.8 Å². The number of thiazole rings is 1. The number of pyridine rings is 1. The SMILES string of the molecule is Cc1nc(C)c(-c2cc(NCCCC3CCCNC3)c3ccccc3n2)s1. The predicted molar refractivity (Wildman–Crippen MR) is 116 cm³/mol. The molecule has 1 fully saturated rings. The van der Waals surface area contributed by atoms with Crippen LogP contribution in [-0.2, 0) is 0 Å². The van der Waals surface area contributed by atoms with E-state index in [-0.39, 0.29) is 0 Å². The van der Waals surface area contributed by atoms with Crippen molar-refractivity contribution in [1.29, 1.82) is 0 Å². The minimum Gasteiger partial charge on any atom is -0.384 e. The van der Waals surface area contributed by atoms with E-state index in [0.29, 0.717) is 0 Å². The van der Waals surface area contributed by atoms with Crippen LogP contribution in [0.5, 0.6) is 0 Å². The van der Waals surface area contributed by atoms with Crippen LogP contribution in [0.4, 0.5) is 5.69 Å². The van der Waals surface area contributed by atoms with Crippen molar-refractivity contribution < 1.29 is 0 Å². The van der Waals surface area contributed by atoms with E-state index in [4.69, 9.17) is 4.98 Å². The molecule has 3 aromatic rings. The van der Waals surface area contributed by atoms with E-state index in [0.717, 1.165) is 34.4 Å². The third kappa shape index (κ3) is 4.30. The molecule has 1 aliphatic rings. The number of aryl methyl sites for hydroxylation is 2. The Bertz CT molecular complexity index is 912. The van der Waals surface area contributed by atoms with E-state index in [9.17, 15) is 0 Å². The Labute approximate surface area is 165 Å². The number of piperidine rings is 1. The van der Waals surface area contributed by atoms with E-state index >= 15 is 0 Å². The van der Waals surface area contributed by atoms with Gasteiger partial charge in [-0.3, -0.25) is 0 Å². The summed E-state index contributed by atoms with van der Waals surface area (Å²) in [6.07, 6.45) is 5.20. The Morgan fingerprint density at radius 1 is 1.22 bits per heavy atom. The molecule has 4 rings (SSSR count). The van der Waals surface area contributed by atoms with Gasteiger partial charge in [-0.1, -0.05) is 18.2 Å². The summed E-state index contributed by atoms with van der Waals surface area (Å²) >= 11 is 1.72. The van der Waals surface area contributed by atoms with Crippen LogP contribution in [0.2, 0.25) is 0 Å². The lowest BCUT2D eigenvalue weighted by atomic mass is 9.95. The standard InChI is InChI=1S/C22H28N4S/c1-15-22(27-16(2)25-15)21-13-20(18-9-3-4-10-19(18)26-21)24-12-6-8-17-7-5-11-23-14-17/h3-4,9-10,13,17,23H,5-8,11-12,14H2,1-2H3,(H,24,26). The Morgan fingerprint density at radius 3 is 2.89 bits per heavy atom. The number of rotatable bonds is 6. The second-order valence-corrected chi connectivity index (χ2v) is 8.70. The van der Waals surface area contributed by atoms with Crippen molar-refractivity contribution in [3.63, 3.8) is 0 Å². The molecule has 2 aromatic heterocycles. The zero-order valence-corrected chi connectivity index (χ0v) is 17.0. The van der Waals surface area contributed by atoms with Gasteiger partial charge in [0.15, 0.2) is 0 Å². The minimum atomic E-state index is 0.841. The summed E-state index contributed by atoms with van der Waals surface area (Å²) in [6.45, 7) is 7.51. The average Bonchev–Trinajstić information content (AvgIpc) is 3.04. The summed E-state index contributed by atoms with van der Waals surface area (Å²) in [5.41, 5.74) is 4.31. The van der Waals surface area contributed by atoms with E-state index in [1.807, 2.05) is 0 Å². The maximum absolute atomic E-state index is 4.90. The molecule has 1 aliphatic heterocycles. The zero-order valence-electron chi connectivity index (χ0n) is 16.2. The highest BCUT2D eigenvalue weighted by molar-refractivity contribution is 7.15. The quantitative estimate of drug-likeness (QED) is 0.580. The molecule has 2 N–H and O–H groups in total. The van der Waals surface area contributed by atoms with Crippen LogP contribution < -0.4 is 10.6 Å². The molecule has 1 aromatic carbocycles. The Kier molecular flexibility index (Phi) is 5.69. The lowest BCUT2D eigenvalue weighted by Crippen LogP contribution is -2.29. The predicted octanol–water partition coefficient (Wildman–Crippen LogP) is 5.17. The van der Waals surface area contributed by atoms with Gasteiger partial charge in [0.1, 0.15) is 0 Å². The summed E-state index contributed by atoms with van der Waals surface area (Å²) in [6, 6.07) is 10.6. The van der Waals surface area contributed by atoms with Gasteiger partial charge in [0.05, 0.1) is 26.8 Å². The molecule has 27 heavy (non-hydrogen) atoms. The largest absolute Gasteiger partial charge is 0.384 e. The summed E-state index contributed by atoms with van der Waals surface area (Å²) in [5, 5.41) is 9.49. The summed E-state index contributed by atoms with van der Waals surface area (Å²) in [7, 11) is 0. The van der Waals surface area contributed by atoms with Crippen LogP contribution in [0, 0.1) is 19.8 Å². The number of benzene rings is 1. The van der Waals surface area contributed by atoms with Gasteiger partial charge in [0.2, 0.25) is 0 Å². The molecule has 1 atom stereocenters. The number of para-hydroxylation sites is 1. The second kappa shape index (κ2) is 8.36. The van der Waals surface area contributed by atoms with Crippen molar-refractivity contribution in [2.45, 2.75) is 39.5 Å². The van der Waals surface area contributed by atoms with E-state index in [1.54, 1.807) is 11.3 Å². The fourth-order valence-corrected chi connectivity index (χ4v) is 4.87. The van der Waals surface area contributed by atoms with Gasteiger partial charge in [-0.05, 0) is 70.7 Å². The number of anilines is 1. The fraction of sp³-hybridized carbons (Fsp3) is 0.455. The molecule has 0 amide bonds. The highest BCUT2D eigenvalue weighted by Gasteiger charge is 2.14. The molecule has 0 radical (unpaired) electrons. The first-order valence-corrected chi connectivity index (χ1v) is 10.8. The lowest BCUT2D eigenvalue weighted by Gasteiger charge is -2.22. The monoisotopic (exact) mass is 380 g/mol. The van der Waals surface area contributed by atoms with E-state index in [1.165, 1.54) is 54.7 Å². The molecule has 0 saturated carbocycles. The van der Waals surface area contributed by atoms with Gasteiger partial charge in [-0.15, -0.1) is 11.3 Å². The molecule has 1 unspecified atom stereocenters. The van der Waals surface area contributed by atoms with Gasteiger partial charge in [-0.25, -0.2) is 9.97 Å². The molecular weight excluding hydrogens is 352 g/mol. The van der Waals surface area contributed by atoms with E-state index < -0.39 is 0 Å². The first kappa shape index (κ1) is 18.4. The number of nitrogens with one attached hydrogen (secondary N) is 2. The number of fused-ring (bicyclic) bond motifs is 1. The lowest BCUT2D eigenvalue weighted by molar-refractivity contribution is 0.353. The summed E-state index contributed by atoms with van der Waals surface area (Å²) in [5.74, 6) is 0.841. The summed E-state index contributed by atoms with van der Waals surface area (Å²) in [4.78, 5) is 10.7. The molecule has 142 valence electrons. The van der Waals surface area contributed by atoms with Crippen LogP contribution in [0.15, 0.2) is 30.3 Å². The second-order valence-electron chi connectivity index (χ2n) is 7.50. The molecular formula is C22H28N4S. The van der Waals surface area contributed by atoms with Crippen LogP contribution in [-0.4, -0.2) is 29.6 Å². The van der Waals surface area contributed by atoms with Crippen LogP contribution >= 0.6 is 11.3 Å². The Morgan fingerprint density at radius 2 is 2.11 bits per heavy atom. The molecule has 1 saturated heterocycles. The Balaban J connectivity index is 1.52. The Hall–Kier alpha value is -1.98. The molecule has 0 bridgehead atoms. The van der Waals surface area contributed by atoms with E-state index in [2.05, 4.69) is 59.8 Å². The molecule has 5 heteroatoms. The molecule has 3 heterocycles. The number of hydrogen-bond donors (Lipinski definition) is 2. The first-order valence-electron chi connectivity index (χ1n) is 9.99. The highest BCUT2D eigenvalue weighted by atomic mass is 32.1. The highest BCUT2D eigenvalue weighted by Crippen LogP contribution is 2.33. The minimum absolute atomic E-state index is 0.841. The number of hydrogen-bond acceptors (Lipinski definition) is 5. The maximum Gasteiger partial charge on any atom is 0.0904 e. The summed E-state index contributed by atoms with van der Waals surface area (Å²) < 4.78 is 0. The normalized spacial score (nSPS) is 17.3. The van der Waals surface area contributed by atoms with Crippen molar-refractivity contribution in [2.75, 3.05) is 25.0 Å². The van der Waals surface area contributed by atoms with Gasteiger partial charge in [-0.2, -0.15) is 0 Å². The van der Waals surface area contributed by atoms with Crippen molar-refractivity contribution >= 4 is 27.9 Å². The van der Waals surface area contributed by atoms with Crippen LogP contribution in [0.1, 0.15) is 36.4 Å². The van der Waals surface area contributed by atoms with Crippen molar-refractivity contribution in [1.82, 2.24) is 15.3 Å². The van der Waals surface area contributed by atoms with Crippen molar-refractivity contribution in [3.8, 4) is 10.6 Å². The third-order valence-corrected chi connectivity index (χ3v) is 6.45. The number of nitrogens with zero attached hydrogens (tertiary/aromatic N) is 2. The molecule has 0 spiro atoms. The third-order valence-electron chi connectivity index (χ3n) is 5.36. The van der Waals surface area contributed by atoms with Gasteiger partial charge < -0.3 is 10.6 Å². The van der Waals surface area contributed by atoms with Gasteiger partial charge >= 0.3 is 0 Å². The average molecular weight is 381 g/mol. The fourth-order valence-electron chi connectivity index (χ4n) is 3.99. The maximum atomic E-state index is 4.90. The van der Waals surface area contributed by atoms with Gasteiger partial charge in [0.25, 0.3) is 0 Å². The molecule has 4 nitrogen and oxygen atoms in total. The smallest absolute Gasteiger partial charge is 0.0904 e.